The second kappa shape index (κ2) is 5.54. The van der Waals surface area contributed by atoms with Crippen molar-refractivity contribution in [3.63, 3.8) is 0 Å². The van der Waals surface area contributed by atoms with Crippen molar-refractivity contribution in [2.45, 2.75) is 32.1 Å². The van der Waals surface area contributed by atoms with Gasteiger partial charge in [-0.05, 0) is 6.92 Å². The summed E-state index contributed by atoms with van der Waals surface area (Å²) < 4.78 is 10.8. The molecule has 2 aliphatic heterocycles. The molecule has 19 heavy (non-hydrogen) atoms. The van der Waals surface area contributed by atoms with Crippen molar-refractivity contribution in [3.8, 4) is 0 Å². The van der Waals surface area contributed by atoms with E-state index in [0.717, 1.165) is 17.0 Å². The molecule has 3 heterocycles. The van der Waals surface area contributed by atoms with Crippen molar-refractivity contribution in [1.82, 2.24) is 10.3 Å². The Labute approximate surface area is 115 Å². The van der Waals surface area contributed by atoms with E-state index in [-0.39, 0.29) is 18.1 Å². The Balaban J connectivity index is 1.67. The lowest BCUT2D eigenvalue weighted by Gasteiger charge is -2.28. The van der Waals surface area contributed by atoms with Crippen LogP contribution in [0.5, 0.6) is 0 Å². The number of amides is 1. The molecule has 3 rings (SSSR count). The molecule has 1 saturated heterocycles. The number of aromatic nitrogens is 1. The van der Waals surface area contributed by atoms with Crippen LogP contribution in [0.25, 0.3) is 0 Å². The van der Waals surface area contributed by atoms with Crippen LogP contribution in [0.15, 0.2) is 0 Å². The first-order valence-corrected chi connectivity index (χ1v) is 7.28. The van der Waals surface area contributed by atoms with Crippen molar-refractivity contribution in [1.29, 1.82) is 0 Å². The zero-order valence-corrected chi connectivity index (χ0v) is 11.6. The standard InChI is InChI=1S/C12H17N3O3S/c1-7-10(13-3-5-18-7)11(16)15-12-14-8-2-4-17-6-9(8)19-12/h7,10,13H,2-6H2,1H3,(H,14,15,16)/t7-,10+/m1/s1. The predicted octanol–water partition coefficient (Wildman–Crippen LogP) is 0.531. The van der Waals surface area contributed by atoms with Gasteiger partial charge in [0.15, 0.2) is 5.13 Å². The number of carbonyl (C=O) groups is 1. The second-order valence-corrected chi connectivity index (χ2v) is 5.77. The molecular formula is C12H17N3O3S. The summed E-state index contributed by atoms with van der Waals surface area (Å²) in [5, 5.41) is 6.69. The fourth-order valence-corrected chi connectivity index (χ4v) is 3.24. The molecule has 0 radical (unpaired) electrons. The van der Waals surface area contributed by atoms with Crippen LogP contribution in [-0.4, -0.2) is 42.8 Å². The van der Waals surface area contributed by atoms with Gasteiger partial charge in [0.1, 0.15) is 6.04 Å². The summed E-state index contributed by atoms with van der Waals surface area (Å²) in [5.41, 5.74) is 1.05. The maximum absolute atomic E-state index is 12.2. The highest BCUT2D eigenvalue weighted by molar-refractivity contribution is 7.15. The first kappa shape index (κ1) is 13.0. The Morgan fingerprint density at radius 2 is 2.42 bits per heavy atom. The van der Waals surface area contributed by atoms with E-state index < -0.39 is 0 Å². The van der Waals surface area contributed by atoms with Crippen LogP contribution in [0.1, 0.15) is 17.5 Å². The molecule has 1 fully saturated rings. The van der Waals surface area contributed by atoms with Crippen LogP contribution in [0, 0.1) is 0 Å². The van der Waals surface area contributed by atoms with Crippen LogP contribution in [0.4, 0.5) is 5.13 Å². The van der Waals surface area contributed by atoms with Gasteiger partial charge in [-0.3, -0.25) is 4.79 Å². The van der Waals surface area contributed by atoms with Gasteiger partial charge in [0.25, 0.3) is 0 Å². The van der Waals surface area contributed by atoms with Gasteiger partial charge in [-0.2, -0.15) is 0 Å². The van der Waals surface area contributed by atoms with Gasteiger partial charge < -0.3 is 20.1 Å². The SMILES string of the molecule is C[C@H]1OCCN[C@@H]1C(=O)Nc1nc2c(s1)COCC2. The fourth-order valence-electron chi connectivity index (χ4n) is 2.29. The molecular weight excluding hydrogens is 266 g/mol. The molecule has 0 aliphatic carbocycles. The summed E-state index contributed by atoms with van der Waals surface area (Å²) in [6.45, 7) is 4.55. The average molecular weight is 283 g/mol. The third-order valence-corrected chi connectivity index (χ3v) is 4.31. The minimum atomic E-state index is -0.314. The number of fused-ring (bicyclic) bond motifs is 1. The predicted molar refractivity (Wildman–Crippen MR) is 71.3 cm³/mol. The number of anilines is 1. The monoisotopic (exact) mass is 283 g/mol. The van der Waals surface area contributed by atoms with Crippen molar-refractivity contribution < 1.29 is 14.3 Å². The Kier molecular flexibility index (Phi) is 3.79. The van der Waals surface area contributed by atoms with Gasteiger partial charge >= 0.3 is 0 Å². The quantitative estimate of drug-likeness (QED) is 0.828. The molecule has 2 N–H and O–H groups in total. The molecule has 0 aromatic carbocycles. The molecule has 0 bridgehead atoms. The molecule has 6 nitrogen and oxygen atoms in total. The molecule has 0 spiro atoms. The number of morpholine rings is 1. The van der Waals surface area contributed by atoms with E-state index >= 15 is 0 Å². The second-order valence-electron chi connectivity index (χ2n) is 4.69. The van der Waals surface area contributed by atoms with Crippen LogP contribution >= 0.6 is 11.3 Å². The summed E-state index contributed by atoms with van der Waals surface area (Å²) in [7, 11) is 0. The van der Waals surface area contributed by atoms with Gasteiger partial charge in [-0.1, -0.05) is 11.3 Å². The molecule has 1 amide bonds. The number of carbonyl (C=O) groups excluding carboxylic acids is 1. The molecule has 2 aliphatic rings. The van der Waals surface area contributed by atoms with Gasteiger partial charge in [-0.15, -0.1) is 0 Å². The minimum Gasteiger partial charge on any atom is -0.375 e. The molecule has 7 heteroatoms. The van der Waals surface area contributed by atoms with E-state index in [1.807, 2.05) is 6.92 Å². The summed E-state index contributed by atoms with van der Waals surface area (Å²) in [6, 6.07) is -0.314. The highest BCUT2D eigenvalue weighted by atomic mass is 32.1. The number of thiazole rings is 1. The number of nitrogens with one attached hydrogen (secondary N) is 2. The van der Waals surface area contributed by atoms with E-state index in [9.17, 15) is 4.79 Å². The normalized spacial score (nSPS) is 26.8. The van der Waals surface area contributed by atoms with Crippen molar-refractivity contribution in [2.75, 3.05) is 25.1 Å². The van der Waals surface area contributed by atoms with E-state index in [1.165, 1.54) is 11.3 Å². The van der Waals surface area contributed by atoms with Crippen LogP contribution in [-0.2, 0) is 27.3 Å². The molecule has 104 valence electrons. The zero-order valence-electron chi connectivity index (χ0n) is 10.8. The largest absolute Gasteiger partial charge is 0.375 e. The molecule has 1 aromatic rings. The number of hydrogen-bond donors (Lipinski definition) is 2. The zero-order chi connectivity index (χ0) is 13.2. The average Bonchev–Trinajstić information content (AvgIpc) is 2.81. The molecule has 0 unspecified atom stereocenters. The maximum atomic E-state index is 12.2. The van der Waals surface area contributed by atoms with Crippen LogP contribution < -0.4 is 10.6 Å². The Morgan fingerprint density at radius 1 is 1.53 bits per heavy atom. The van der Waals surface area contributed by atoms with E-state index in [1.54, 1.807) is 0 Å². The van der Waals surface area contributed by atoms with Gasteiger partial charge in [-0.25, -0.2) is 4.98 Å². The third kappa shape index (κ3) is 2.79. The highest BCUT2D eigenvalue weighted by Gasteiger charge is 2.29. The van der Waals surface area contributed by atoms with E-state index in [2.05, 4.69) is 15.6 Å². The van der Waals surface area contributed by atoms with Crippen LogP contribution in [0.3, 0.4) is 0 Å². The van der Waals surface area contributed by atoms with Crippen molar-refractivity contribution >= 4 is 22.4 Å². The van der Waals surface area contributed by atoms with Crippen molar-refractivity contribution in [2.24, 2.45) is 0 Å². The summed E-state index contributed by atoms with van der Waals surface area (Å²) in [6.07, 6.45) is 0.703. The first-order valence-electron chi connectivity index (χ1n) is 6.46. The minimum absolute atomic E-state index is 0.0841. The fraction of sp³-hybridized carbons (Fsp3) is 0.667. The lowest BCUT2D eigenvalue weighted by molar-refractivity contribution is -0.123. The third-order valence-electron chi connectivity index (χ3n) is 3.32. The topological polar surface area (TPSA) is 72.5 Å². The van der Waals surface area contributed by atoms with Crippen molar-refractivity contribution in [3.05, 3.63) is 10.6 Å². The van der Waals surface area contributed by atoms with Gasteiger partial charge in [0.05, 0.1) is 36.5 Å². The highest BCUT2D eigenvalue weighted by Crippen LogP contribution is 2.27. The number of ether oxygens (including phenoxy) is 2. The summed E-state index contributed by atoms with van der Waals surface area (Å²) >= 11 is 1.49. The molecule has 0 saturated carbocycles. The lowest BCUT2D eigenvalue weighted by atomic mass is 10.1. The maximum Gasteiger partial charge on any atom is 0.245 e. The molecule has 2 atom stereocenters. The summed E-state index contributed by atoms with van der Waals surface area (Å²) in [5.74, 6) is -0.0841. The van der Waals surface area contributed by atoms with E-state index in [4.69, 9.17) is 9.47 Å². The van der Waals surface area contributed by atoms with Crippen LogP contribution in [0.2, 0.25) is 0 Å². The summed E-state index contributed by atoms with van der Waals surface area (Å²) in [4.78, 5) is 17.7. The van der Waals surface area contributed by atoms with Gasteiger partial charge in [0.2, 0.25) is 5.91 Å². The number of rotatable bonds is 2. The molecule has 1 aromatic heterocycles. The number of nitrogens with zero attached hydrogens (tertiary/aromatic N) is 1. The van der Waals surface area contributed by atoms with E-state index in [0.29, 0.717) is 31.5 Å². The first-order chi connectivity index (χ1) is 9.24. The Hall–Kier alpha value is -1.02. The lowest BCUT2D eigenvalue weighted by Crippen LogP contribution is -2.53. The number of hydrogen-bond acceptors (Lipinski definition) is 6. The Morgan fingerprint density at radius 3 is 3.21 bits per heavy atom. The smallest absolute Gasteiger partial charge is 0.245 e. The van der Waals surface area contributed by atoms with Gasteiger partial charge in [0, 0.05) is 13.0 Å². The Bertz CT molecular complexity index is 453.